The Morgan fingerprint density at radius 2 is 0.655 bits per heavy atom. The quantitative estimate of drug-likeness (QED) is 0.0329. The van der Waals surface area contributed by atoms with E-state index in [0.29, 0.717) is 146 Å². The van der Waals surface area contributed by atoms with Crippen LogP contribution in [0.3, 0.4) is 0 Å². The molecule has 6 aromatic heterocycles. The Hall–Kier alpha value is -13.7. The van der Waals surface area contributed by atoms with Crippen LogP contribution >= 0.6 is 0 Å². The molecule has 5 aromatic carbocycles. The normalized spacial score (nSPS) is 15.4. The van der Waals surface area contributed by atoms with Gasteiger partial charge >= 0.3 is 0 Å². The van der Waals surface area contributed by atoms with Crippen molar-refractivity contribution < 1.29 is 86.8 Å². The summed E-state index contributed by atoms with van der Waals surface area (Å²) in [5.41, 5.74) is 6.34. The summed E-state index contributed by atoms with van der Waals surface area (Å²) in [5.74, 6) is -8.56. The summed E-state index contributed by atoms with van der Waals surface area (Å²) in [6.45, 7) is 31.5. The van der Waals surface area contributed by atoms with E-state index < -0.39 is 111 Å². The maximum atomic E-state index is 13.9. The van der Waals surface area contributed by atoms with Crippen molar-refractivity contribution in [2.75, 3.05) is 27.2 Å². The lowest BCUT2D eigenvalue weighted by molar-refractivity contribution is -0.139. The molecule has 0 radical (unpaired) electrons. The molecule has 1 fully saturated rings. The highest BCUT2D eigenvalue weighted by Gasteiger charge is 2.42. The minimum atomic E-state index is -0.959. The third kappa shape index (κ3) is 26.9. The topological polar surface area (TPSA) is 352 Å². The third-order valence-electron chi connectivity index (χ3n) is 26.8. The number of amides is 8. The van der Waals surface area contributed by atoms with E-state index in [1.807, 2.05) is 113 Å². The molecular weight excluding hydrogens is 1920 g/mol. The Balaban J connectivity index is 0.000000155. The molecule has 11 aromatic rings. The maximum absolute atomic E-state index is 13.9. The van der Waals surface area contributed by atoms with Gasteiger partial charge in [0.1, 0.15) is 81.8 Å². The lowest BCUT2D eigenvalue weighted by atomic mass is 9.85. The third-order valence-corrected chi connectivity index (χ3v) is 26.8. The Morgan fingerprint density at radius 3 is 0.912 bits per heavy atom. The van der Waals surface area contributed by atoms with Crippen molar-refractivity contribution in [3.05, 3.63) is 218 Å². The van der Waals surface area contributed by atoms with Gasteiger partial charge in [0.2, 0.25) is 23.6 Å². The number of imidazole rings is 5. The summed E-state index contributed by atoms with van der Waals surface area (Å²) in [4.78, 5) is 132. The number of nitrogens with zero attached hydrogens (tertiary/aromatic N) is 13. The van der Waals surface area contributed by atoms with E-state index >= 15 is 0 Å². The zero-order valence-corrected chi connectivity index (χ0v) is 86.9. The number of halogens is 10. The predicted molar refractivity (Wildman–Crippen MR) is 538 cm³/mol. The summed E-state index contributed by atoms with van der Waals surface area (Å²) in [7, 11) is 3.05. The molecule has 4 atom stereocenters. The van der Waals surface area contributed by atoms with Gasteiger partial charge in [0, 0.05) is 93.3 Å². The highest BCUT2D eigenvalue weighted by molar-refractivity contribution is 6.00. The molecule has 794 valence electrons. The van der Waals surface area contributed by atoms with Gasteiger partial charge in [0.05, 0.1) is 28.5 Å². The molecule has 39 heteroatoms. The van der Waals surface area contributed by atoms with Crippen molar-refractivity contribution in [1.29, 1.82) is 0 Å². The number of carbonyl (C=O) groups is 8. The Bertz CT molecular complexity index is 6670. The highest BCUT2D eigenvalue weighted by Crippen LogP contribution is 2.39. The first kappa shape index (κ1) is 112. The van der Waals surface area contributed by atoms with Gasteiger partial charge in [-0.25, -0.2) is 68.8 Å². The van der Waals surface area contributed by atoms with E-state index in [2.05, 4.69) is 72.3 Å². The first-order valence-corrected chi connectivity index (χ1v) is 51.0. The Labute approximate surface area is 855 Å². The molecule has 12 heterocycles. The molecule has 1 saturated heterocycles. The standard InChI is InChI=1S/C24H30F2N4O2.C23H27F2N5O2.C22H28F2N4O2.C21H26F2N4O2.C19H23F2N3O/c1-24(2,3)20(23(32)29-11-7-12-29)28-22(31)19-18-8-5-4-6-13-30(18)21(27-19)15-9-10-16(25)17(26)14-15;1-13-26-22(32-29-13)19(23(2,3)4)28-21(31)18-17-8-6-5-7-11-30(17)20(27-18)14-9-10-15(24)16(25)12-14;1-13(2)11-17(21(29)25-3)26-22(30)19-18-7-5-4-6-10-28(18)20(27-19)14-8-9-15(23)16(24)12-14;1-12(2)17(20(28)24-3)26-21(29)18-16-7-5-4-6-10-27(16)19(25-18)13-8-9-14(22)15(23)11-13;1-19(2,3)23-18(25)16-15-7-5-4-6-10-24(15)17(22-16)12-8-9-13(20)14(21)11-12/h9-10,14,20H,4-8,11-13H2,1-3H3,(H,28,31);9-10,12,19H,5-8,11H2,1-4H3,(H,28,31);8-9,12-13,17H,4-7,10-11H2,1-3H3,(H,25,29)(H,26,30);8-9,11-12,17H,4-7,10H2,1-3H3,(H,24,28)(H,26,29);8-9,11H,4-7,10H2,1-3H3,(H,23,25)/t20-;19-;2*17-;/m1100./s1. The average molecular weight is 2060 g/mol. The number of likely N-dealkylation sites (tertiary alicyclic amines) is 1. The van der Waals surface area contributed by atoms with Crippen LogP contribution in [0.25, 0.3) is 56.9 Å². The van der Waals surface area contributed by atoms with Crippen molar-refractivity contribution >= 4 is 47.3 Å². The average Bonchev–Trinajstić information content (AvgIpc) is 1.64. The molecule has 0 unspecified atom stereocenters. The number of likely N-dealkylation sites (N-methyl/N-ethyl adjacent to an activating group) is 2. The van der Waals surface area contributed by atoms with E-state index in [1.165, 1.54) is 44.4 Å². The summed E-state index contributed by atoms with van der Waals surface area (Å²) in [5, 5.41) is 23.5. The van der Waals surface area contributed by atoms with Gasteiger partial charge in [0.25, 0.3) is 29.5 Å². The SMILES string of the molecule is CC(C)(C)NC(=O)c1nc(-c2ccc(F)c(F)c2)n2c1CCCCC2.CC(C)(C)[C@H](NC(=O)c1nc(-c2ccc(F)c(F)c2)n2c1CCCCC2)C(=O)N1CCC1.CNC(=O)[C@@H](NC(=O)c1nc(-c2ccc(F)c(F)c2)n2c1CCCCC2)C(C)C.CNC(=O)[C@H](CC(C)C)NC(=O)c1nc(-c2ccc(F)c(F)c2)n2c1CCCCC2.Cc1noc([C@@H](NC(=O)c2nc(-c3ccc(F)c(F)c3)n3c2CCCCC3)C(C)(C)C)n1. The van der Waals surface area contributed by atoms with Gasteiger partial charge < -0.3 is 69.5 Å². The molecule has 29 nitrogen and oxygen atoms in total. The molecular formula is C109H134F10N20O9. The van der Waals surface area contributed by atoms with Crippen molar-refractivity contribution in [1.82, 2.24) is 100 Å². The van der Waals surface area contributed by atoms with Crippen LogP contribution in [0.4, 0.5) is 43.9 Å². The van der Waals surface area contributed by atoms with Gasteiger partial charge in [-0.05, 0) is 251 Å². The second kappa shape index (κ2) is 48.5. The zero-order valence-electron chi connectivity index (χ0n) is 86.9. The van der Waals surface area contributed by atoms with Crippen LogP contribution in [-0.4, -0.2) is 161 Å². The van der Waals surface area contributed by atoms with E-state index in [9.17, 15) is 82.3 Å². The molecule has 7 N–H and O–H groups in total. The fraction of sp³-hybridized carbons (Fsp3) is 0.495. The predicted octanol–water partition coefficient (Wildman–Crippen LogP) is 19.3. The minimum absolute atomic E-state index is 0.0803. The van der Waals surface area contributed by atoms with Crippen LogP contribution < -0.4 is 37.2 Å². The zero-order chi connectivity index (χ0) is 107. The van der Waals surface area contributed by atoms with E-state index in [0.717, 1.165) is 205 Å². The Kier molecular flexibility index (Phi) is 36.6. The highest BCUT2D eigenvalue weighted by atomic mass is 19.2. The fourth-order valence-corrected chi connectivity index (χ4v) is 19.0. The van der Waals surface area contributed by atoms with Crippen LogP contribution in [-0.2, 0) is 79.2 Å². The molecule has 0 bridgehead atoms. The van der Waals surface area contributed by atoms with E-state index in [4.69, 9.17) is 4.52 Å². The van der Waals surface area contributed by atoms with E-state index in [1.54, 1.807) is 11.8 Å². The smallest absolute Gasteiger partial charge is 0.272 e. The largest absolute Gasteiger partial charge is 0.357 e. The molecule has 6 aliphatic heterocycles. The maximum Gasteiger partial charge on any atom is 0.272 e. The molecule has 6 aliphatic rings. The van der Waals surface area contributed by atoms with Crippen LogP contribution in [0.1, 0.15) is 298 Å². The number of hydrogen-bond acceptors (Lipinski definition) is 16. The fourth-order valence-electron chi connectivity index (χ4n) is 19.0. The lowest BCUT2D eigenvalue weighted by Crippen LogP contribution is -2.57. The number of hydrogen-bond donors (Lipinski definition) is 7. The second-order valence-electron chi connectivity index (χ2n) is 42.3. The summed E-state index contributed by atoms with van der Waals surface area (Å²) < 4.78 is 151. The summed E-state index contributed by atoms with van der Waals surface area (Å²) >= 11 is 0. The first-order chi connectivity index (χ1) is 70.2. The van der Waals surface area contributed by atoms with Crippen LogP contribution in [0.5, 0.6) is 0 Å². The van der Waals surface area contributed by atoms with Gasteiger partial charge in [0.15, 0.2) is 64.0 Å². The second-order valence-corrected chi connectivity index (χ2v) is 42.3. The first-order valence-electron chi connectivity index (χ1n) is 51.0. The number of nitrogens with one attached hydrogen (secondary N) is 7. The minimum Gasteiger partial charge on any atom is -0.357 e. The summed E-state index contributed by atoms with van der Waals surface area (Å²) in [6.07, 6.45) is 19.3. The lowest BCUT2D eigenvalue weighted by Gasteiger charge is -2.38. The van der Waals surface area contributed by atoms with Crippen LogP contribution in [0, 0.1) is 87.8 Å². The summed E-state index contributed by atoms with van der Waals surface area (Å²) in [6, 6.07) is 15.8. The number of rotatable bonds is 21. The molecule has 148 heavy (non-hydrogen) atoms. The van der Waals surface area contributed by atoms with Crippen LogP contribution in [0.2, 0.25) is 0 Å². The molecule has 17 rings (SSSR count). The monoisotopic (exact) mass is 2060 g/mol. The number of aryl methyl sites for hydroxylation is 1. The molecule has 0 saturated carbocycles. The van der Waals surface area contributed by atoms with Crippen molar-refractivity contribution in [3.8, 4) is 56.9 Å². The molecule has 8 amide bonds. The van der Waals surface area contributed by atoms with Crippen molar-refractivity contribution in [2.24, 2.45) is 22.7 Å². The van der Waals surface area contributed by atoms with Gasteiger partial charge in [-0.2, -0.15) is 4.98 Å². The number of aromatic nitrogens is 12. The molecule has 0 aliphatic carbocycles. The molecule has 0 spiro atoms. The van der Waals surface area contributed by atoms with Crippen LogP contribution in [0.15, 0.2) is 95.5 Å². The van der Waals surface area contributed by atoms with E-state index in [-0.39, 0.29) is 69.7 Å². The van der Waals surface area contributed by atoms with Crippen molar-refractivity contribution in [3.63, 3.8) is 0 Å². The van der Waals surface area contributed by atoms with Gasteiger partial charge in [-0.1, -0.05) is 106 Å². The van der Waals surface area contributed by atoms with Gasteiger partial charge in [-0.15, -0.1) is 0 Å². The number of fused-ring (bicyclic) bond motifs is 5. The Morgan fingerprint density at radius 1 is 0.351 bits per heavy atom. The number of carbonyl (C=O) groups excluding carboxylic acids is 8. The van der Waals surface area contributed by atoms with Gasteiger partial charge in [-0.3, -0.25) is 38.4 Å². The van der Waals surface area contributed by atoms with Crippen molar-refractivity contribution in [2.45, 2.75) is 301 Å². The number of benzene rings is 5.